The van der Waals surface area contributed by atoms with E-state index in [1.807, 2.05) is 6.92 Å². The molecule has 0 saturated heterocycles. The quantitative estimate of drug-likeness (QED) is 0.750. The summed E-state index contributed by atoms with van der Waals surface area (Å²) in [6.07, 6.45) is 2.65. The Hall–Kier alpha value is -0.890. The van der Waals surface area contributed by atoms with E-state index >= 15 is 0 Å². The number of halogens is 2. The zero-order chi connectivity index (χ0) is 11.3. The highest BCUT2D eigenvalue weighted by atomic mass is 35.5. The molecule has 0 atom stereocenters. The summed E-state index contributed by atoms with van der Waals surface area (Å²) < 4.78 is 12.8. The van der Waals surface area contributed by atoms with E-state index in [1.165, 1.54) is 6.07 Å². The molecule has 82 valence electrons. The van der Waals surface area contributed by atoms with Crippen LogP contribution in [0.2, 0.25) is 5.02 Å². The molecule has 0 unspecified atom stereocenters. The van der Waals surface area contributed by atoms with Gasteiger partial charge in [-0.15, -0.1) is 0 Å². The molecule has 1 aromatic rings. The monoisotopic (exact) mass is 228 g/mol. The Morgan fingerprint density at radius 3 is 2.73 bits per heavy atom. The molecule has 0 radical (unpaired) electrons. The van der Waals surface area contributed by atoms with E-state index in [-0.39, 0.29) is 10.8 Å². The predicted octanol–water partition coefficient (Wildman–Crippen LogP) is 3.78. The van der Waals surface area contributed by atoms with Gasteiger partial charge in [-0.1, -0.05) is 24.6 Å². The number of carbonyl (C=O) groups excluding carboxylic acids is 1. The lowest BCUT2D eigenvalue weighted by molar-refractivity contribution is -0.119. The molecular formula is C12H14ClFO. The van der Waals surface area contributed by atoms with E-state index < -0.39 is 5.82 Å². The molecule has 0 aliphatic rings. The molecule has 1 nitrogen and oxygen atoms in total. The van der Waals surface area contributed by atoms with Crippen LogP contribution in [0.5, 0.6) is 0 Å². The first-order chi connectivity index (χ1) is 7.13. The molecule has 0 fully saturated rings. The van der Waals surface area contributed by atoms with E-state index in [4.69, 9.17) is 11.6 Å². The van der Waals surface area contributed by atoms with Crippen LogP contribution >= 0.6 is 11.6 Å². The van der Waals surface area contributed by atoms with Gasteiger partial charge in [0.1, 0.15) is 11.6 Å². The zero-order valence-electron chi connectivity index (χ0n) is 8.72. The fourth-order valence-electron chi connectivity index (χ4n) is 1.38. The van der Waals surface area contributed by atoms with Crippen LogP contribution in [0, 0.1) is 5.82 Å². The van der Waals surface area contributed by atoms with Crippen LogP contribution in [0.4, 0.5) is 4.39 Å². The molecule has 0 spiro atoms. The van der Waals surface area contributed by atoms with Gasteiger partial charge < -0.3 is 0 Å². The Bertz CT molecular complexity index is 349. The lowest BCUT2D eigenvalue weighted by Crippen LogP contribution is -1.99. The SMILES string of the molecule is CCCC(=O)CCc1ccc(F)c(Cl)c1. The maximum atomic E-state index is 12.8. The summed E-state index contributed by atoms with van der Waals surface area (Å²) in [6, 6.07) is 4.58. The first kappa shape index (κ1) is 12.2. The summed E-state index contributed by atoms with van der Waals surface area (Å²) in [5, 5.41) is 0.121. The van der Waals surface area contributed by atoms with Crippen molar-refractivity contribution in [2.45, 2.75) is 32.6 Å². The number of carbonyl (C=O) groups is 1. The molecule has 0 aliphatic heterocycles. The summed E-state index contributed by atoms with van der Waals surface area (Å²) in [5.41, 5.74) is 0.908. The van der Waals surface area contributed by atoms with E-state index in [9.17, 15) is 9.18 Å². The molecule has 0 amide bonds. The normalized spacial score (nSPS) is 10.3. The molecule has 0 heterocycles. The van der Waals surface area contributed by atoms with Gasteiger partial charge >= 0.3 is 0 Å². The molecule has 0 bridgehead atoms. The van der Waals surface area contributed by atoms with Crippen LogP contribution in [-0.2, 0) is 11.2 Å². The van der Waals surface area contributed by atoms with Gasteiger partial charge in [-0.05, 0) is 30.5 Å². The number of hydrogen-bond acceptors (Lipinski definition) is 1. The number of benzene rings is 1. The van der Waals surface area contributed by atoms with Gasteiger partial charge in [-0.2, -0.15) is 0 Å². The second-order valence-electron chi connectivity index (χ2n) is 3.54. The Kier molecular flexibility index (Phi) is 4.76. The molecule has 0 saturated carbocycles. The fourth-order valence-corrected chi connectivity index (χ4v) is 1.59. The molecular weight excluding hydrogens is 215 g/mol. The highest BCUT2D eigenvalue weighted by Crippen LogP contribution is 2.17. The third-order valence-corrected chi connectivity index (χ3v) is 2.50. The zero-order valence-corrected chi connectivity index (χ0v) is 9.48. The minimum atomic E-state index is -0.416. The van der Waals surface area contributed by atoms with Crippen molar-refractivity contribution in [3.8, 4) is 0 Å². The van der Waals surface area contributed by atoms with Gasteiger partial charge in [0.2, 0.25) is 0 Å². The topological polar surface area (TPSA) is 17.1 Å². The van der Waals surface area contributed by atoms with Gasteiger partial charge in [0.15, 0.2) is 0 Å². The minimum absolute atomic E-state index is 0.121. The van der Waals surface area contributed by atoms with Gasteiger partial charge in [0, 0.05) is 12.8 Å². The maximum Gasteiger partial charge on any atom is 0.141 e. The van der Waals surface area contributed by atoms with Crippen molar-refractivity contribution in [3.05, 3.63) is 34.6 Å². The summed E-state index contributed by atoms with van der Waals surface area (Å²) in [7, 11) is 0. The van der Waals surface area contributed by atoms with Crippen molar-refractivity contribution in [1.29, 1.82) is 0 Å². The van der Waals surface area contributed by atoms with Crippen molar-refractivity contribution in [1.82, 2.24) is 0 Å². The molecule has 1 aromatic carbocycles. The number of aryl methyl sites for hydroxylation is 1. The van der Waals surface area contributed by atoms with Gasteiger partial charge in [0.25, 0.3) is 0 Å². The number of hydrogen-bond donors (Lipinski definition) is 0. The van der Waals surface area contributed by atoms with Crippen LogP contribution in [0.1, 0.15) is 31.7 Å². The summed E-state index contributed by atoms with van der Waals surface area (Å²) in [4.78, 5) is 11.3. The standard InChI is InChI=1S/C12H14ClFO/c1-2-3-10(15)6-4-9-5-7-12(14)11(13)8-9/h5,7-8H,2-4,6H2,1H3. The smallest absolute Gasteiger partial charge is 0.141 e. The first-order valence-electron chi connectivity index (χ1n) is 5.09. The van der Waals surface area contributed by atoms with Crippen LogP contribution in [0.25, 0.3) is 0 Å². The highest BCUT2D eigenvalue weighted by molar-refractivity contribution is 6.30. The van der Waals surface area contributed by atoms with E-state index in [1.54, 1.807) is 12.1 Å². The Morgan fingerprint density at radius 1 is 1.40 bits per heavy atom. The van der Waals surface area contributed by atoms with E-state index in [2.05, 4.69) is 0 Å². The molecule has 3 heteroatoms. The van der Waals surface area contributed by atoms with Crippen LogP contribution in [-0.4, -0.2) is 5.78 Å². The van der Waals surface area contributed by atoms with Gasteiger partial charge in [-0.25, -0.2) is 4.39 Å². The molecule has 0 aliphatic carbocycles. The van der Waals surface area contributed by atoms with Gasteiger partial charge in [0.05, 0.1) is 5.02 Å². The number of Topliss-reactive ketones (excluding diaryl/α,β-unsaturated/α-hetero) is 1. The highest BCUT2D eigenvalue weighted by Gasteiger charge is 2.04. The maximum absolute atomic E-state index is 12.8. The molecule has 0 aromatic heterocycles. The number of ketones is 1. The largest absolute Gasteiger partial charge is 0.300 e. The third-order valence-electron chi connectivity index (χ3n) is 2.21. The van der Waals surface area contributed by atoms with Crippen molar-refractivity contribution in [3.63, 3.8) is 0 Å². The Morgan fingerprint density at radius 2 is 2.13 bits per heavy atom. The van der Waals surface area contributed by atoms with Crippen LogP contribution in [0.15, 0.2) is 18.2 Å². The van der Waals surface area contributed by atoms with E-state index in [0.717, 1.165) is 12.0 Å². The number of rotatable bonds is 5. The lowest BCUT2D eigenvalue weighted by atomic mass is 10.1. The predicted molar refractivity (Wildman–Crippen MR) is 59.6 cm³/mol. The second kappa shape index (κ2) is 5.86. The second-order valence-corrected chi connectivity index (χ2v) is 3.94. The molecule has 15 heavy (non-hydrogen) atoms. The Labute approximate surface area is 94.3 Å². The lowest BCUT2D eigenvalue weighted by Gasteiger charge is -2.02. The minimum Gasteiger partial charge on any atom is -0.300 e. The molecule has 1 rings (SSSR count). The molecule has 0 N–H and O–H groups in total. The van der Waals surface area contributed by atoms with Crippen molar-refractivity contribution >= 4 is 17.4 Å². The summed E-state index contributed by atoms with van der Waals surface area (Å²) in [6.45, 7) is 1.98. The van der Waals surface area contributed by atoms with Crippen molar-refractivity contribution in [2.75, 3.05) is 0 Å². The summed E-state index contributed by atoms with van der Waals surface area (Å²) >= 11 is 5.63. The summed E-state index contributed by atoms with van der Waals surface area (Å²) in [5.74, 6) is -0.168. The van der Waals surface area contributed by atoms with Crippen molar-refractivity contribution in [2.24, 2.45) is 0 Å². The van der Waals surface area contributed by atoms with Crippen molar-refractivity contribution < 1.29 is 9.18 Å². The van der Waals surface area contributed by atoms with Crippen LogP contribution < -0.4 is 0 Å². The first-order valence-corrected chi connectivity index (χ1v) is 5.47. The Balaban J connectivity index is 2.51. The van der Waals surface area contributed by atoms with Gasteiger partial charge in [-0.3, -0.25) is 4.79 Å². The third kappa shape index (κ3) is 4.00. The average Bonchev–Trinajstić information content (AvgIpc) is 2.20. The average molecular weight is 229 g/mol. The van der Waals surface area contributed by atoms with E-state index in [0.29, 0.717) is 19.3 Å². The fraction of sp³-hybridized carbons (Fsp3) is 0.417. The van der Waals surface area contributed by atoms with Crippen LogP contribution in [0.3, 0.4) is 0 Å².